The molecule has 0 atom stereocenters. The smallest absolute Gasteiger partial charge is 0.225 e. The predicted molar refractivity (Wildman–Crippen MR) is 69.9 cm³/mol. The van der Waals surface area contributed by atoms with Gasteiger partial charge in [0.15, 0.2) is 0 Å². The average Bonchev–Trinajstić information content (AvgIpc) is 2.26. The van der Waals surface area contributed by atoms with Crippen molar-refractivity contribution in [3.63, 3.8) is 0 Å². The van der Waals surface area contributed by atoms with E-state index in [0.29, 0.717) is 5.91 Å². The molecule has 0 aromatic rings. The number of nitrogens with one attached hydrogen (secondary N) is 1. The molecule has 102 valence electrons. The van der Waals surface area contributed by atoms with Crippen LogP contribution in [0.5, 0.6) is 0 Å². The van der Waals surface area contributed by atoms with Crippen molar-refractivity contribution >= 4 is 11.8 Å². The van der Waals surface area contributed by atoms with Gasteiger partial charge in [-0.1, -0.05) is 6.42 Å². The molecular formula is C14H24N2O2. The largest absolute Gasteiger partial charge is 0.354 e. The molecule has 2 fully saturated rings. The lowest BCUT2D eigenvalue weighted by Gasteiger charge is -2.36. The van der Waals surface area contributed by atoms with Crippen LogP contribution < -0.4 is 5.32 Å². The van der Waals surface area contributed by atoms with Gasteiger partial charge in [0.2, 0.25) is 11.8 Å². The zero-order chi connectivity index (χ0) is 13.1. The highest BCUT2D eigenvalue weighted by Crippen LogP contribution is 2.30. The molecule has 4 heteroatoms. The molecule has 1 aliphatic carbocycles. The lowest BCUT2D eigenvalue weighted by molar-refractivity contribution is -0.141. The van der Waals surface area contributed by atoms with E-state index >= 15 is 0 Å². The molecule has 0 spiro atoms. The second-order valence-electron chi connectivity index (χ2n) is 5.89. The topological polar surface area (TPSA) is 49.4 Å². The first-order chi connectivity index (χ1) is 8.58. The summed E-state index contributed by atoms with van der Waals surface area (Å²) >= 11 is 0. The number of likely N-dealkylation sites (tertiary alicyclic amines) is 1. The Morgan fingerprint density at radius 3 is 2.11 bits per heavy atom. The Labute approximate surface area is 109 Å². The van der Waals surface area contributed by atoms with Crippen LogP contribution in [0.25, 0.3) is 0 Å². The molecular weight excluding hydrogens is 228 g/mol. The van der Waals surface area contributed by atoms with Crippen molar-refractivity contribution in [3.05, 3.63) is 0 Å². The third-order valence-electron chi connectivity index (χ3n) is 4.06. The van der Waals surface area contributed by atoms with Crippen LogP contribution in [0.1, 0.15) is 46.0 Å². The molecule has 2 rings (SSSR count). The number of hydrogen-bond donors (Lipinski definition) is 1. The highest BCUT2D eigenvalue weighted by molar-refractivity contribution is 5.81. The van der Waals surface area contributed by atoms with Crippen LogP contribution in [0, 0.1) is 11.8 Å². The summed E-state index contributed by atoms with van der Waals surface area (Å²) < 4.78 is 0. The zero-order valence-electron chi connectivity index (χ0n) is 11.4. The molecule has 1 heterocycles. The van der Waals surface area contributed by atoms with E-state index < -0.39 is 0 Å². The number of rotatable bonds is 3. The summed E-state index contributed by atoms with van der Waals surface area (Å²) in [4.78, 5) is 25.9. The summed E-state index contributed by atoms with van der Waals surface area (Å²) in [5.74, 6) is 0.855. The van der Waals surface area contributed by atoms with Gasteiger partial charge in [-0.25, -0.2) is 0 Å². The summed E-state index contributed by atoms with van der Waals surface area (Å²) in [6, 6.07) is 0.201. The van der Waals surface area contributed by atoms with E-state index in [4.69, 9.17) is 0 Å². The van der Waals surface area contributed by atoms with Gasteiger partial charge in [-0.2, -0.15) is 0 Å². The number of carbonyl (C=O) groups is 2. The van der Waals surface area contributed by atoms with Crippen molar-refractivity contribution in [2.24, 2.45) is 11.8 Å². The first-order valence-corrected chi connectivity index (χ1v) is 7.17. The molecule has 0 radical (unpaired) electrons. The highest BCUT2D eigenvalue weighted by Gasteiger charge is 2.33. The predicted octanol–water partition coefficient (Wildman–Crippen LogP) is 1.55. The number of piperidine rings is 1. The van der Waals surface area contributed by atoms with E-state index in [1.54, 1.807) is 0 Å². The summed E-state index contributed by atoms with van der Waals surface area (Å²) in [6.07, 6.45) is 4.96. The SMILES string of the molecule is CC(C)NC(=O)C1CCN(C(=O)C2CCC2)CC1. The average molecular weight is 252 g/mol. The number of amides is 2. The second kappa shape index (κ2) is 5.72. The standard InChI is InChI=1S/C14H24N2O2/c1-10(2)15-13(17)11-6-8-16(9-7-11)14(18)12-4-3-5-12/h10-12H,3-9H2,1-2H3,(H,15,17). The Kier molecular flexibility index (Phi) is 4.25. The molecule has 1 saturated carbocycles. The van der Waals surface area contributed by atoms with Gasteiger partial charge in [0.05, 0.1) is 0 Å². The van der Waals surface area contributed by atoms with Crippen LogP contribution in [-0.2, 0) is 9.59 Å². The Morgan fingerprint density at radius 1 is 1.06 bits per heavy atom. The minimum Gasteiger partial charge on any atom is -0.354 e. The van der Waals surface area contributed by atoms with Crippen molar-refractivity contribution in [2.45, 2.75) is 52.0 Å². The molecule has 0 unspecified atom stereocenters. The van der Waals surface area contributed by atoms with Crippen molar-refractivity contribution in [2.75, 3.05) is 13.1 Å². The molecule has 1 aliphatic heterocycles. The third-order valence-corrected chi connectivity index (χ3v) is 4.06. The van der Waals surface area contributed by atoms with Crippen LogP contribution in [0.15, 0.2) is 0 Å². The zero-order valence-corrected chi connectivity index (χ0v) is 11.4. The molecule has 0 aromatic heterocycles. The van der Waals surface area contributed by atoms with Crippen LogP contribution in [0.3, 0.4) is 0 Å². The molecule has 2 amide bonds. The highest BCUT2D eigenvalue weighted by atomic mass is 16.2. The summed E-state index contributed by atoms with van der Waals surface area (Å²) in [7, 11) is 0. The number of nitrogens with zero attached hydrogens (tertiary/aromatic N) is 1. The van der Waals surface area contributed by atoms with Gasteiger partial charge in [0, 0.05) is 31.0 Å². The monoisotopic (exact) mass is 252 g/mol. The van der Waals surface area contributed by atoms with Gasteiger partial charge < -0.3 is 10.2 Å². The van der Waals surface area contributed by atoms with E-state index in [1.165, 1.54) is 6.42 Å². The van der Waals surface area contributed by atoms with Crippen molar-refractivity contribution in [3.8, 4) is 0 Å². The summed E-state index contributed by atoms with van der Waals surface area (Å²) in [5, 5.41) is 2.96. The molecule has 1 saturated heterocycles. The van der Waals surface area contributed by atoms with Crippen molar-refractivity contribution in [1.29, 1.82) is 0 Å². The molecule has 1 N–H and O–H groups in total. The van der Waals surface area contributed by atoms with Crippen LogP contribution in [-0.4, -0.2) is 35.8 Å². The van der Waals surface area contributed by atoms with Gasteiger partial charge >= 0.3 is 0 Å². The van der Waals surface area contributed by atoms with E-state index in [-0.39, 0.29) is 23.8 Å². The third kappa shape index (κ3) is 3.03. The van der Waals surface area contributed by atoms with Gasteiger partial charge in [0.25, 0.3) is 0 Å². The minimum atomic E-state index is 0.0952. The van der Waals surface area contributed by atoms with Crippen LogP contribution in [0.2, 0.25) is 0 Å². The quantitative estimate of drug-likeness (QED) is 0.828. The second-order valence-corrected chi connectivity index (χ2v) is 5.89. The summed E-state index contributed by atoms with van der Waals surface area (Å²) in [6.45, 7) is 5.47. The maximum absolute atomic E-state index is 12.1. The van der Waals surface area contributed by atoms with Gasteiger partial charge in [-0.05, 0) is 39.5 Å². The number of carbonyl (C=O) groups excluding carboxylic acids is 2. The van der Waals surface area contributed by atoms with E-state index in [9.17, 15) is 9.59 Å². The first kappa shape index (κ1) is 13.4. The maximum atomic E-state index is 12.1. The molecule has 18 heavy (non-hydrogen) atoms. The van der Waals surface area contributed by atoms with E-state index in [2.05, 4.69) is 5.32 Å². The van der Waals surface area contributed by atoms with Gasteiger partial charge in [-0.15, -0.1) is 0 Å². The van der Waals surface area contributed by atoms with Gasteiger partial charge in [0.1, 0.15) is 0 Å². The molecule has 4 nitrogen and oxygen atoms in total. The Morgan fingerprint density at radius 2 is 1.67 bits per heavy atom. The Hall–Kier alpha value is -1.06. The number of hydrogen-bond acceptors (Lipinski definition) is 2. The van der Waals surface area contributed by atoms with Crippen molar-refractivity contribution < 1.29 is 9.59 Å². The fourth-order valence-electron chi connectivity index (χ4n) is 2.68. The fourth-order valence-corrected chi connectivity index (χ4v) is 2.68. The minimum absolute atomic E-state index is 0.0952. The lowest BCUT2D eigenvalue weighted by atomic mass is 9.83. The first-order valence-electron chi connectivity index (χ1n) is 7.17. The lowest BCUT2D eigenvalue weighted by Crippen LogP contribution is -2.46. The Bertz CT molecular complexity index is 316. The Balaban J connectivity index is 1.77. The van der Waals surface area contributed by atoms with Crippen molar-refractivity contribution in [1.82, 2.24) is 10.2 Å². The normalized spacial score (nSPS) is 21.8. The fraction of sp³-hybridized carbons (Fsp3) is 0.857. The molecule has 0 aromatic carbocycles. The van der Waals surface area contributed by atoms with E-state index in [0.717, 1.165) is 38.8 Å². The molecule has 0 bridgehead atoms. The van der Waals surface area contributed by atoms with E-state index in [1.807, 2.05) is 18.7 Å². The summed E-state index contributed by atoms with van der Waals surface area (Å²) in [5.41, 5.74) is 0. The maximum Gasteiger partial charge on any atom is 0.225 e. The van der Waals surface area contributed by atoms with Crippen LogP contribution >= 0.6 is 0 Å². The van der Waals surface area contributed by atoms with Gasteiger partial charge in [-0.3, -0.25) is 9.59 Å². The molecule has 2 aliphatic rings. The van der Waals surface area contributed by atoms with Crippen LogP contribution in [0.4, 0.5) is 0 Å².